The number of piperazine rings is 1. The molecule has 1 unspecified atom stereocenters. The van der Waals surface area contributed by atoms with Crippen LogP contribution in [-0.4, -0.2) is 50.6 Å². The second-order valence-electron chi connectivity index (χ2n) is 4.40. The number of nitrogens with one attached hydrogen (secondary N) is 1. The van der Waals surface area contributed by atoms with E-state index >= 15 is 0 Å². The van der Waals surface area contributed by atoms with E-state index in [9.17, 15) is 18.4 Å². The van der Waals surface area contributed by atoms with Crippen molar-refractivity contribution in [2.75, 3.05) is 13.1 Å². The third kappa shape index (κ3) is 3.10. The topological polar surface area (TPSA) is 87.5 Å². The lowest BCUT2D eigenvalue weighted by Gasteiger charge is -2.33. The Morgan fingerprint density at radius 3 is 3.00 bits per heavy atom. The molecule has 1 saturated heterocycles. The van der Waals surface area contributed by atoms with Gasteiger partial charge < -0.3 is 10.4 Å². The molecule has 7 nitrogen and oxygen atoms in total. The minimum absolute atomic E-state index is 0.00269. The third-order valence-corrected chi connectivity index (χ3v) is 3.11. The molecule has 0 saturated carbocycles. The number of aliphatic carboxylic acids is 1. The lowest BCUT2D eigenvalue weighted by atomic mass is 10.1. The molecule has 9 heteroatoms. The van der Waals surface area contributed by atoms with E-state index in [0.717, 1.165) is 6.20 Å². The van der Waals surface area contributed by atoms with Gasteiger partial charge in [0.1, 0.15) is 11.9 Å². The maximum absolute atomic E-state index is 12.7. The van der Waals surface area contributed by atoms with Gasteiger partial charge in [0.15, 0.2) is 0 Å². The lowest BCUT2D eigenvalue weighted by Crippen LogP contribution is -2.55. The number of halogens is 2. The molecular weight excluding hydrogens is 274 g/mol. The third-order valence-electron chi connectivity index (χ3n) is 3.11. The fourth-order valence-electron chi connectivity index (χ4n) is 2.16. The van der Waals surface area contributed by atoms with E-state index in [1.54, 1.807) is 4.90 Å². The summed E-state index contributed by atoms with van der Waals surface area (Å²) < 4.78 is 26.2. The molecule has 20 heavy (non-hydrogen) atoms. The molecule has 1 amide bonds. The molecule has 0 aromatic carbocycles. The number of alkyl halides is 2. The van der Waals surface area contributed by atoms with E-state index < -0.39 is 24.5 Å². The second-order valence-corrected chi connectivity index (χ2v) is 4.40. The zero-order valence-electron chi connectivity index (χ0n) is 10.5. The van der Waals surface area contributed by atoms with Gasteiger partial charge in [-0.1, -0.05) is 0 Å². The van der Waals surface area contributed by atoms with Crippen LogP contribution in [0.15, 0.2) is 12.4 Å². The number of hydrogen-bond acceptors (Lipinski definition) is 4. The molecular formula is C11H14F2N4O3. The first-order valence-corrected chi connectivity index (χ1v) is 6.02. The summed E-state index contributed by atoms with van der Waals surface area (Å²) >= 11 is 0. The number of aromatic nitrogens is 2. The van der Waals surface area contributed by atoms with E-state index in [0.29, 0.717) is 17.7 Å². The van der Waals surface area contributed by atoms with E-state index in [1.807, 2.05) is 0 Å². The minimum atomic E-state index is -2.72. The van der Waals surface area contributed by atoms with Crippen molar-refractivity contribution in [2.45, 2.75) is 25.6 Å². The molecule has 1 atom stereocenters. The summed E-state index contributed by atoms with van der Waals surface area (Å²) in [6.07, 6.45) is 2.02. The molecule has 1 aromatic heterocycles. The molecule has 0 bridgehead atoms. The Morgan fingerprint density at radius 2 is 2.35 bits per heavy atom. The molecule has 110 valence electrons. The summed E-state index contributed by atoms with van der Waals surface area (Å²) in [6, 6.07) is -0.871. The van der Waals surface area contributed by atoms with Crippen LogP contribution < -0.4 is 5.32 Å². The molecule has 1 fully saturated rings. The highest BCUT2D eigenvalue weighted by molar-refractivity contribution is 5.86. The number of carbonyl (C=O) groups excluding carboxylic acids is 1. The van der Waals surface area contributed by atoms with Crippen molar-refractivity contribution >= 4 is 11.9 Å². The monoisotopic (exact) mass is 288 g/mol. The number of hydrogen-bond donors (Lipinski definition) is 2. The van der Waals surface area contributed by atoms with Crippen LogP contribution in [0.1, 0.15) is 18.8 Å². The standard InChI is InChI=1S/C11H14F2N4O3/c12-11(13)17-4-2-14-8(17)6-16-3-1-15-10(20)7(16)5-9(18)19/h2,4,7,11H,1,3,5-6H2,(H,15,20)(H,18,19). The van der Waals surface area contributed by atoms with Gasteiger partial charge in [-0.25, -0.2) is 4.98 Å². The van der Waals surface area contributed by atoms with E-state index in [4.69, 9.17) is 5.11 Å². The highest BCUT2D eigenvalue weighted by Crippen LogP contribution is 2.17. The van der Waals surface area contributed by atoms with Gasteiger partial charge in [-0.3, -0.25) is 19.1 Å². The molecule has 2 heterocycles. The summed E-state index contributed by atoms with van der Waals surface area (Å²) in [4.78, 5) is 27.9. The largest absolute Gasteiger partial charge is 0.481 e. The van der Waals surface area contributed by atoms with E-state index in [2.05, 4.69) is 10.3 Å². The molecule has 0 radical (unpaired) electrons. The number of imidazole rings is 1. The van der Waals surface area contributed by atoms with Crippen LogP contribution in [0.5, 0.6) is 0 Å². The van der Waals surface area contributed by atoms with Crippen LogP contribution in [0.2, 0.25) is 0 Å². The zero-order chi connectivity index (χ0) is 14.7. The quantitative estimate of drug-likeness (QED) is 0.799. The predicted octanol–water partition coefficient (Wildman–Crippen LogP) is 0.0533. The first-order valence-electron chi connectivity index (χ1n) is 6.02. The van der Waals surface area contributed by atoms with Gasteiger partial charge in [0, 0.05) is 25.5 Å². The maximum Gasteiger partial charge on any atom is 0.319 e. The Kier molecular flexibility index (Phi) is 4.28. The maximum atomic E-state index is 12.7. The average Bonchev–Trinajstić information content (AvgIpc) is 2.81. The average molecular weight is 288 g/mol. The minimum Gasteiger partial charge on any atom is -0.481 e. The smallest absolute Gasteiger partial charge is 0.319 e. The van der Waals surface area contributed by atoms with Crippen LogP contribution in [0.4, 0.5) is 8.78 Å². The Hall–Kier alpha value is -2.03. The number of rotatable bonds is 5. The van der Waals surface area contributed by atoms with Crippen molar-refractivity contribution in [3.8, 4) is 0 Å². The van der Waals surface area contributed by atoms with Gasteiger partial charge in [-0.05, 0) is 0 Å². The molecule has 1 aliphatic rings. The second kappa shape index (κ2) is 5.95. The fraction of sp³-hybridized carbons (Fsp3) is 0.545. The van der Waals surface area contributed by atoms with Crippen molar-refractivity contribution < 1.29 is 23.5 Å². The predicted molar refractivity (Wildman–Crippen MR) is 62.9 cm³/mol. The molecule has 0 spiro atoms. The summed E-state index contributed by atoms with van der Waals surface area (Å²) in [5.41, 5.74) is 0. The Morgan fingerprint density at radius 1 is 1.60 bits per heavy atom. The Balaban J connectivity index is 2.14. The molecule has 0 aliphatic carbocycles. The summed E-state index contributed by atoms with van der Waals surface area (Å²) in [7, 11) is 0. The van der Waals surface area contributed by atoms with Crippen LogP contribution in [0.3, 0.4) is 0 Å². The van der Waals surface area contributed by atoms with E-state index in [-0.39, 0.29) is 18.8 Å². The Bertz CT molecular complexity index is 506. The molecule has 2 rings (SSSR count). The lowest BCUT2D eigenvalue weighted by molar-refractivity contribution is -0.143. The highest BCUT2D eigenvalue weighted by Gasteiger charge is 2.32. The number of carbonyl (C=O) groups is 2. The van der Waals surface area contributed by atoms with Crippen LogP contribution in [0, 0.1) is 0 Å². The van der Waals surface area contributed by atoms with Crippen molar-refractivity contribution in [1.82, 2.24) is 19.8 Å². The van der Waals surface area contributed by atoms with Crippen molar-refractivity contribution in [1.29, 1.82) is 0 Å². The van der Waals surface area contributed by atoms with Gasteiger partial charge >= 0.3 is 12.5 Å². The summed E-state index contributed by atoms with van der Waals surface area (Å²) in [5, 5.41) is 11.4. The molecule has 1 aliphatic heterocycles. The fourth-order valence-corrected chi connectivity index (χ4v) is 2.16. The van der Waals surface area contributed by atoms with Crippen LogP contribution in [0.25, 0.3) is 0 Å². The van der Waals surface area contributed by atoms with E-state index in [1.165, 1.54) is 6.20 Å². The summed E-state index contributed by atoms with van der Waals surface area (Å²) in [5.74, 6) is -1.42. The van der Waals surface area contributed by atoms with Crippen molar-refractivity contribution in [2.24, 2.45) is 0 Å². The molecule has 2 N–H and O–H groups in total. The van der Waals surface area contributed by atoms with Crippen molar-refractivity contribution in [3.63, 3.8) is 0 Å². The summed E-state index contributed by atoms with van der Waals surface area (Å²) in [6.45, 7) is -1.98. The van der Waals surface area contributed by atoms with Crippen LogP contribution >= 0.6 is 0 Å². The van der Waals surface area contributed by atoms with Crippen LogP contribution in [-0.2, 0) is 16.1 Å². The zero-order valence-corrected chi connectivity index (χ0v) is 10.5. The van der Waals surface area contributed by atoms with Crippen molar-refractivity contribution in [3.05, 3.63) is 18.2 Å². The Labute approximate surface area is 113 Å². The normalized spacial score (nSPS) is 20.1. The van der Waals surface area contributed by atoms with Gasteiger partial charge in [0.05, 0.1) is 13.0 Å². The number of carboxylic acids is 1. The van der Waals surface area contributed by atoms with Gasteiger partial charge in [0.25, 0.3) is 0 Å². The SMILES string of the molecule is O=C(O)CC1C(=O)NCCN1Cc1nccn1C(F)F. The first-order chi connectivity index (χ1) is 9.49. The number of nitrogens with zero attached hydrogens (tertiary/aromatic N) is 3. The highest BCUT2D eigenvalue weighted by atomic mass is 19.3. The first kappa shape index (κ1) is 14.4. The number of amides is 1. The van der Waals surface area contributed by atoms with Gasteiger partial charge in [-0.15, -0.1) is 0 Å². The van der Waals surface area contributed by atoms with Gasteiger partial charge in [-0.2, -0.15) is 8.78 Å². The van der Waals surface area contributed by atoms with Gasteiger partial charge in [0.2, 0.25) is 5.91 Å². The molecule has 1 aromatic rings. The number of carboxylic acid groups (broad SMARTS) is 1.